The number of allylic oxidation sites excluding steroid dienone is 2. The molecule has 1 nitrogen and oxygen atoms in total. The molecule has 0 saturated heterocycles. The van der Waals surface area contributed by atoms with Crippen LogP contribution in [0.15, 0.2) is 12.2 Å². The molecule has 78 valence electrons. The minimum atomic E-state index is 0.0493. The third kappa shape index (κ3) is 1.11. The van der Waals surface area contributed by atoms with Gasteiger partial charge >= 0.3 is 0 Å². The highest BCUT2D eigenvalue weighted by Gasteiger charge is 2.59. The molecule has 0 N–H and O–H groups in total. The van der Waals surface area contributed by atoms with Gasteiger partial charge in [-0.05, 0) is 25.2 Å². The SMILES string of the molecule is CCCCC1(CC)C(=O)[C@H]2CC=C[C@H]21. The molecule has 3 atom stereocenters. The summed E-state index contributed by atoms with van der Waals surface area (Å²) in [6.07, 6.45) is 10.1. The third-order valence-corrected chi connectivity index (χ3v) is 4.24. The lowest BCUT2D eigenvalue weighted by atomic mass is 9.51. The largest absolute Gasteiger partial charge is 0.299 e. The first-order valence-electron chi connectivity index (χ1n) is 5.97. The van der Waals surface area contributed by atoms with Gasteiger partial charge in [-0.3, -0.25) is 4.79 Å². The number of rotatable bonds is 4. The summed E-state index contributed by atoms with van der Waals surface area (Å²) in [5, 5.41) is 0. The van der Waals surface area contributed by atoms with E-state index in [2.05, 4.69) is 26.0 Å². The third-order valence-electron chi connectivity index (χ3n) is 4.24. The number of unbranched alkanes of at least 4 members (excludes halogenated alkanes) is 1. The Morgan fingerprint density at radius 3 is 2.93 bits per heavy atom. The topological polar surface area (TPSA) is 17.1 Å². The number of hydrogen-bond acceptors (Lipinski definition) is 1. The fourth-order valence-corrected chi connectivity index (χ4v) is 3.30. The first kappa shape index (κ1) is 9.95. The lowest BCUT2D eigenvalue weighted by Crippen LogP contribution is -2.55. The molecule has 1 unspecified atom stereocenters. The van der Waals surface area contributed by atoms with Crippen LogP contribution in [-0.2, 0) is 4.79 Å². The van der Waals surface area contributed by atoms with Crippen LogP contribution in [0.3, 0.4) is 0 Å². The molecule has 14 heavy (non-hydrogen) atoms. The van der Waals surface area contributed by atoms with Crippen LogP contribution in [0.4, 0.5) is 0 Å². The Hall–Kier alpha value is -0.590. The highest BCUT2D eigenvalue weighted by atomic mass is 16.1. The van der Waals surface area contributed by atoms with Gasteiger partial charge in [0.25, 0.3) is 0 Å². The minimum Gasteiger partial charge on any atom is -0.299 e. The lowest BCUT2D eigenvalue weighted by molar-refractivity contribution is -0.153. The van der Waals surface area contributed by atoms with Crippen molar-refractivity contribution in [1.82, 2.24) is 0 Å². The van der Waals surface area contributed by atoms with E-state index in [0.29, 0.717) is 17.6 Å². The van der Waals surface area contributed by atoms with Crippen molar-refractivity contribution in [3.8, 4) is 0 Å². The monoisotopic (exact) mass is 192 g/mol. The fraction of sp³-hybridized carbons (Fsp3) is 0.769. The molecule has 0 aliphatic heterocycles. The molecule has 1 saturated carbocycles. The van der Waals surface area contributed by atoms with Gasteiger partial charge in [-0.1, -0.05) is 38.8 Å². The van der Waals surface area contributed by atoms with E-state index >= 15 is 0 Å². The highest BCUT2D eigenvalue weighted by Crippen LogP contribution is 2.57. The Labute approximate surface area is 86.6 Å². The highest BCUT2D eigenvalue weighted by molar-refractivity contribution is 5.95. The number of ketones is 1. The maximum atomic E-state index is 12.1. The Kier molecular flexibility index (Phi) is 2.50. The minimum absolute atomic E-state index is 0.0493. The second-order valence-corrected chi connectivity index (χ2v) is 4.77. The van der Waals surface area contributed by atoms with Crippen molar-refractivity contribution in [1.29, 1.82) is 0 Å². The van der Waals surface area contributed by atoms with Gasteiger partial charge in [0.05, 0.1) is 0 Å². The van der Waals surface area contributed by atoms with E-state index in [9.17, 15) is 4.79 Å². The van der Waals surface area contributed by atoms with Crippen LogP contribution in [0.25, 0.3) is 0 Å². The Bertz CT molecular complexity index is 266. The van der Waals surface area contributed by atoms with E-state index < -0.39 is 0 Å². The molecule has 0 aromatic heterocycles. The van der Waals surface area contributed by atoms with Gasteiger partial charge in [-0.25, -0.2) is 0 Å². The molecule has 0 aromatic rings. The second kappa shape index (κ2) is 3.52. The summed E-state index contributed by atoms with van der Waals surface area (Å²) in [7, 11) is 0. The van der Waals surface area contributed by atoms with E-state index in [0.717, 1.165) is 19.3 Å². The van der Waals surface area contributed by atoms with E-state index in [-0.39, 0.29) is 5.41 Å². The summed E-state index contributed by atoms with van der Waals surface area (Å²) in [4.78, 5) is 12.1. The summed E-state index contributed by atoms with van der Waals surface area (Å²) in [5.41, 5.74) is 0.0493. The first-order valence-corrected chi connectivity index (χ1v) is 5.97. The molecule has 0 amide bonds. The molecular formula is C13H20O. The molecule has 2 rings (SSSR count). The van der Waals surface area contributed by atoms with Gasteiger partial charge in [0.2, 0.25) is 0 Å². The normalized spacial score (nSPS) is 39.7. The standard InChI is InChI=1S/C13H20O/c1-3-5-9-13(4-2)11-8-6-7-10(11)12(13)14/h6,8,10-11H,3-5,7,9H2,1-2H3/t10-,11+,13?/m0/s1. The van der Waals surface area contributed by atoms with Crippen molar-refractivity contribution in [2.75, 3.05) is 0 Å². The van der Waals surface area contributed by atoms with E-state index in [1.165, 1.54) is 12.8 Å². The summed E-state index contributed by atoms with van der Waals surface area (Å²) >= 11 is 0. The molecule has 0 bridgehead atoms. The maximum Gasteiger partial charge on any atom is 0.143 e. The zero-order chi connectivity index (χ0) is 10.2. The van der Waals surface area contributed by atoms with Crippen molar-refractivity contribution in [2.24, 2.45) is 17.3 Å². The lowest BCUT2D eigenvalue weighted by Gasteiger charge is -2.50. The number of carbonyl (C=O) groups excluding carboxylic acids is 1. The molecule has 0 aromatic carbocycles. The van der Waals surface area contributed by atoms with Crippen molar-refractivity contribution in [3.63, 3.8) is 0 Å². The average Bonchev–Trinajstić information content (AvgIpc) is 2.65. The Morgan fingerprint density at radius 2 is 2.29 bits per heavy atom. The van der Waals surface area contributed by atoms with Gasteiger partial charge in [0.15, 0.2) is 0 Å². The van der Waals surface area contributed by atoms with Crippen LogP contribution >= 0.6 is 0 Å². The van der Waals surface area contributed by atoms with Crippen LogP contribution < -0.4 is 0 Å². The Balaban J connectivity index is 2.11. The van der Waals surface area contributed by atoms with E-state index in [4.69, 9.17) is 0 Å². The predicted molar refractivity (Wildman–Crippen MR) is 58.0 cm³/mol. The van der Waals surface area contributed by atoms with E-state index in [1.807, 2.05) is 0 Å². The van der Waals surface area contributed by atoms with Gasteiger partial charge in [-0.2, -0.15) is 0 Å². The summed E-state index contributed by atoms with van der Waals surface area (Å²) < 4.78 is 0. The van der Waals surface area contributed by atoms with Crippen LogP contribution in [0.2, 0.25) is 0 Å². The van der Waals surface area contributed by atoms with Crippen molar-refractivity contribution < 1.29 is 4.79 Å². The van der Waals surface area contributed by atoms with E-state index in [1.54, 1.807) is 0 Å². The molecule has 1 heteroatoms. The van der Waals surface area contributed by atoms with Gasteiger partial charge in [0, 0.05) is 11.3 Å². The van der Waals surface area contributed by atoms with Crippen LogP contribution in [0, 0.1) is 17.3 Å². The zero-order valence-corrected chi connectivity index (χ0v) is 9.25. The predicted octanol–water partition coefficient (Wildman–Crippen LogP) is 3.35. The zero-order valence-electron chi connectivity index (χ0n) is 9.25. The molecule has 0 radical (unpaired) electrons. The van der Waals surface area contributed by atoms with Gasteiger partial charge in [0.1, 0.15) is 5.78 Å². The van der Waals surface area contributed by atoms with Gasteiger partial charge in [-0.15, -0.1) is 0 Å². The van der Waals surface area contributed by atoms with Crippen molar-refractivity contribution in [3.05, 3.63) is 12.2 Å². The van der Waals surface area contributed by atoms with Gasteiger partial charge < -0.3 is 0 Å². The summed E-state index contributed by atoms with van der Waals surface area (Å²) in [6, 6.07) is 0. The number of fused-ring (bicyclic) bond motifs is 1. The quantitative estimate of drug-likeness (QED) is 0.624. The average molecular weight is 192 g/mol. The molecule has 0 heterocycles. The molecule has 2 aliphatic carbocycles. The second-order valence-electron chi connectivity index (χ2n) is 4.77. The smallest absolute Gasteiger partial charge is 0.143 e. The number of Topliss-reactive ketones (excluding diaryl/α,β-unsaturated/α-hetero) is 1. The molecule has 2 aliphatic rings. The molecule has 1 fully saturated rings. The number of carbonyl (C=O) groups is 1. The van der Waals surface area contributed by atoms with Crippen LogP contribution in [0.5, 0.6) is 0 Å². The van der Waals surface area contributed by atoms with Crippen LogP contribution in [-0.4, -0.2) is 5.78 Å². The Morgan fingerprint density at radius 1 is 1.50 bits per heavy atom. The maximum absolute atomic E-state index is 12.1. The fourth-order valence-electron chi connectivity index (χ4n) is 3.30. The number of hydrogen-bond donors (Lipinski definition) is 0. The summed E-state index contributed by atoms with van der Waals surface area (Å²) in [6.45, 7) is 4.38. The van der Waals surface area contributed by atoms with Crippen molar-refractivity contribution in [2.45, 2.75) is 46.0 Å². The summed E-state index contributed by atoms with van der Waals surface area (Å²) in [5.74, 6) is 1.52. The molecule has 0 spiro atoms. The molecular weight excluding hydrogens is 172 g/mol. The van der Waals surface area contributed by atoms with Crippen molar-refractivity contribution >= 4 is 5.78 Å². The first-order chi connectivity index (χ1) is 6.76. The van der Waals surface area contributed by atoms with Crippen LogP contribution in [0.1, 0.15) is 46.0 Å².